The number of halogens is 2. The topological polar surface area (TPSA) is 59.2 Å². The number of nitrogens with one attached hydrogen (secondary N) is 1. The highest BCUT2D eigenvalue weighted by Crippen LogP contribution is 2.19. The van der Waals surface area contributed by atoms with Gasteiger partial charge in [0.25, 0.3) is 12.0 Å². The Morgan fingerprint density at radius 3 is 2.71 bits per heavy atom. The summed E-state index contributed by atoms with van der Waals surface area (Å²) in [6.07, 6.45) is -2.95. The van der Waals surface area contributed by atoms with Gasteiger partial charge >= 0.3 is 5.97 Å². The Kier molecular flexibility index (Phi) is 4.37. The summed E-state index contributed by atoms with van der Waals surface area (Å²) in [7, 11) is 0. The number of carbonyl (C=O) groups excluding carboxylic acids is 1. The number of hydrogen-bond donors (Lipinski definition) is 1. The molecule has 0 radical (unpaired) electrons. The Bertz CT molecular complexity index is 468. The largest absolute Gasteiger partial charge is 0.466 e. The maximum Gasteiger partial charge on any atom is 0.310 e. The van der Waals surface area contributed by atoms with Gasteiger partial charge in [0.15, 0.2) is 0 Å². The molecular formula is C11H13F2NO3. The second-order valence-electron chi connectivity index (χ2n) is 3.50. The number of alkyl halides is 2. The molecule has 0 aliphatic rings. The fourth-order valence-electron chi connectivity index (χ4n) is 1.43. The van der Waals surface area contributed by atoms with Crippen molar-refractivity contribution >= 4 is 5.97 Å². The molecule has 0 aromatic carbocycles. The number of H-pyrrole nitrogens is 1. The van der Waals surface area contributed by atoms with Crippen molar-refractivity contribution in [3.8, 4) is 0 Å². The van der Waals surface area contributed by atoms with Gasteiger partial charge in [0.05, 0.1) is 18.7 Å². The third-order valence-electron chi connectivity index (χ3n) is 2.21. The van der Waals surface area contributed by atoms with Crippen LogP contribution in [0, 0.1) is 6.92 Å². The molecule has 0 bridgehead atoms. The molecule has 1 rings (SSSR count). The standard InChI is InChI=1S/C11H13F2NO3/c1-3-17-8(15)5-7-4-6(2)9(10(12)13)14-11(7)16/h4,10H,3,5H2,1-2H3,(H,14,16). The van der Waals surface area contributed by atoms with Crippen molar-refractivity contribution in [2.45, 2.75) is 26.7 Å². The van der Waals surface area contributed by atoms with Crippen molar-refractivity contribution in [2.75, 3.05) is 6.61 Å². The number of hydrogen-bond acceptors (Lipinski definition) is 3. The predicted octanol–water partition coefficient (Wildman–Crippen LogP) is 1.73. The molecule has 0 amide bonds. The zero-order valence-corrected chi connectivity index (χ0v) is 9.55. The van der Waals surface area contributed by atoms with E-state index in [4.69, 9.17) is 0 Å². The van der Waals surface area contributed by atoms with Gasteiger partial charge < -0.3 is 9.72 Å². The van der Waals surface area contributed by atoms with Crippen LogP contribution in [-0.2, 0) is 16.0 Å². The summed E-state index contributed by atoms with van der Waals surface area (Å²) in [6, 6.07) is 1.29. The summed E-state index contributed by atoms with van der Waals surface area (Å²) in [5.74, 6) is -0.554. The van der Waals surface area contributed by atoms with Gasteiger partial charge in [0.1, 0.15) is 0 Å². The minimum atomic E-state index is -2.74. The Morgan fingerprint density at radius 2 is 2.18 bits per heavy atom. The molecule has 0 atom stereocenters. The number of esters is 1. The lowest BCUT2D eigenvalue weighted by molar-refractivity contribution is -0.142. The molecule has 94 valence electrons. The normalized spacial score (nSPS) is 10.6. The van der Waals surface area contributed by atoms with Gasteiger partial charge in [-0.3, -0.25) is 9.59 Å². The van der Waals surface area contributed by atoms with E-state index in [1.807, 2.05) is 0 Å². The second-order valence-corrected chi connectivity index (χ2v) is 3.50. The van der Waals surface area contributed by atoms with Crippen molar-refractivity contribution in [3.05, 3.63) is 33.2 Å². The molecule has 1 heterocycles. The molecule has 1 aromatic heterocycles. The monoisotopic (exact) mass is 245 g/mol. The number of rotatable bonds is 4. The number of ether oxygens (including phenoxy) is 1. The van der Waals surface area contributed by atoms with Crippen molar-refractivity contribution < 1.29 is 18.3 Å². The maximum atomic E-state index is 12.5. The zero-order valence-electron chi connectivity index (χ0n) is 9.55. The van der Waals surface area contributed by atoms with E-state index in [9.17, 15) is 18.4 Å². The minimum Gasteiger partial charge on any atom is -0.466 e. The number of aromatic amines is 1. The summed E-state index contributed by atoms with van der Waals surface area (Å²) in [5.41, 5.74) is -0.717. The van der Waals surface area contributed by atoms with Crippen LogP contribution in [0.4, 0.5) is 8.78 Å². The van der Waals surface area contributed by atoms with Gasteiger partial charge in [-0.15, -0.1) is 0 Å². The molecule has 0 aliphatic carbocycles. The van der Waals surface area contributed by atoms with E-state index in [0.29, 0.717) is 0 Å². The first-order valence-corrected chi connectivity index (χ1v) is 5.12. The average molecular weight is 245 g/mol. The first-order valence-electron chi connectivity index (χ1n) is 5.12. The van der Waals surface area contributed by atoms with E-state index < -0.39 is 23.6 Å². The third kappa shape index (κ3) is 3.37. The highest BCUT2D eigenvalue weighted by atomic mass is 19.3. The Balaban J connectivity index is 3.00. The van der Waals surface area contributed by atoms with Crippen LogP contribution in [0.3, 0.4) is 0 Å². The summed E-state index contributed by atoms with van der Waals surface area (Å²) in [5, 5.41) is 0. The number of carbonyl (C=O) groups is 1. The van der Waals surface area contributed by atoms with Gasteiger partial charge in [0.2, 0.25) is 0 Å². The summed E-state index contributed by atoms with van der Waals surface area (Å²) >= 11 is 0. The quantitative estimate of drug-likeness (QED) is 0.822. The van der Waals surface area contributed by atoms with Crippen LogP contribution in [0.2, 0.25) is 0 Å². The first-order chi connectivity index (χ1) is 7.95. The lowest BCUT2D eigenvalue weighted by Crippen LogP contribution is -2.20. The molecule has 1 aromatic rings. The van der Waals surface area contributed by atoms with Crippen LogP contribution in [0.1, 0.15) is 30.2 Å². The summed E-state index contributed by atoms with van der Waals surface area (Å²) in [6.45, 7) is 3.31. The maximum absolute atomic E-state index is 12.5. The first kappa shape index (κ1) is 13.3. The third-order valence-corrected chi connectivity index (χ3v) is 2.21. The van der Waals surface area contributed by atoms with E-state index in [0.717, 1.165) is 0 Å². The molecule has 0 spiro atoms. The molecular weight excluding hydrogens is 232 g/mol. The molecule has 0 fully saturated rings. The van der Waals surface area contributed by atoms with Crippen molar-refractivity contribution in [1.29, 1.82) is 0 Å². The highest BCUT2D eigenvalue weighted by Gasteiger charge is 2.15. The lowest BCUT2D eigenvalue weighted by atomic mass is 10.1. The Hall–Kier alpha value is -1.72. The van der Waals surface area contributed by atoms with Gasteiger partial charge in [-0.2, -0.15) is 0 Å². The molecule has 0 saturated heterocycles. The predicted molar refractivity (Wildman–Crippen MR) is 57.1 cm³/mol. The minimum absolute atomic E-state index is 0.130. The number of aromatic nitrogens is 1. The molecule has 0 saturated carbocycles. The average Bonchev–Trinajstić information content (AvgIpc) is 2.22. The van der Waals surface area contributed by atoms with Crippen LogP contribution in [0.5, 0.6) is 0 Å². The van der Waals surface area contributed by atoms with Crippen molar-refractivity contribution in [1.82, 2.24) is 4.98 Å². The van der Waals surface area contributed by atoms with Crippen LogP contribution >= 0.6 is 0 Å². The van der Waals surface area contributed by atoms with Crippen LogP contribution in [0.25, 0.3) is 0 Å². The molecule has 4 nitrogen and oxygen atoms in total. The van der Waals surface area contributed by atoms with E-state index in [1.54, 1.807) is 6.92 Å². The lowest BCUT2D eigenvalue weighted by Gasteiger charge is -2.07. The molecule has 17 heavy (non-hydrogen) atoms. The fourth-order valence-corrected chi connectivity index (χ4v) is 1.43. The SMILES string of the molecule is CCOC(=O)Cc1cc(C)c(C(F)F)[nH]c1=O. The second kappa shape index (κ2) is 5.56. The van der Waals surface area contributed by atoms with Crippen LogP contribution in [0.15, 0.2) is 10.9 Å². The van der Waals surface area contributed by atoms with Crippen LogP contribution in [-0.4, -0.2) is 17.6 Å². The molecule has 0 unspecified atom stereocenters. The van der Waals surface area contributed by atoms with Gasteiger partial charge in [-0.1, -0.05) is 0 Å². The highest BCUT2D eigenvalue weighted by molar-refractivity contribution is 5.72. The van der Waals surface area contributed by atoms with E-state index in [-0.39, 0.29) is 24.2 Å². The van der Waals surface area contributed by atoms with E-state index in [1.165, 1.54) is 13.0 Å². The van der Waals surface area contributed by atoms with Gasteiger partial charge in [0, 0.05) is 5.56 Å². The smallest absolute Gasteiger partial charge is 0.310 e. The van der Waals surface area contributed by atoms with Crippen molar-refractivity contribution in [2.24, 2.45) is 0 Å². The van der Waals surface area contributed by atoms with E-state index >= 15 is 0 Å². The van der Waals surface area contributed by atoms with Gasteiger partial charge in [-0.05, 0) is 25.5 Å². The summed E-state index contributed by atoms with van der Waals surface area (Å²) in [4.78, 5) is 24.7. The number of pyridine rings is 1. The summed E-state index contributed by atoms with van der Waals surface area (Å²) < 4.78 is 29.6. The van der Waals surface area contributed by atoms with Crippen LogP contribution < -0.4 is 5.56 Å². The Morgan fingerprint density at radius 1 is 1.53 bits per heavy atom. The Labute approximate surface area is 96.6 Å². The molecule has 6 heteroatoms. The van der Waals surface area contributed by atoms with Gasteiger partial charge in [-0.25, -0.2) is 8.78 Å². The molecule has 1 N–H and O–H groups in total. The van der Waals surface area contributed by atoms with E-state index in [2.05, 4.69) is 9.72 Å². The fraction of sp³-hybridized carbons (Fsp3) is 0.455. The zero-order chi connectivity index (χ0) is 13.0. The number of aryl methyl sites for hydroxylation is 1. The molecule has 0 aliphatic heterocycles. The van der Waals surface area contributed by atoms with Crippen molar-refractivity contribution in [3.63, 3.8) is 0 Å².